The maximum Gasteiger partial charge on any atom is 0.146 e. The summed E-state index contributed by atoms with van der Waals surface area (Å²) in [6.07, 6.45) is 4.80. The highest BCUT2D eigenvalue weighted by Crippen LogP contribution is 1.87. The fraction of sp³-hybridized carbons (Fsp3) is 0.500. The van der Waals surface area contributed by atoms with E-state index in [2.05, 4.69) is 17.4 Å². The van der Waals surface area contributed by atoms with Crippen LogP contribution in [0.3, 0.4) is 0 Å². The molecule has 0 aliphatic carbocycles. The quantitative estimate of drug-likeness (QED) is 0.290. The first-order valence-corrected chi connectivity index (χ1v) is 3.85. The zero-order chi connectivity index (χ0) is 9.23. The molecule has 0 aromatic rings. The summed E-state index contributed by atoms with van der Waals surface area (Å²) in [5.41, 5.74) is 5.71. The van der Waals surface area contributed by atoms with Crippen molar-refractivity contribution < 1.29 is 9.84 Å². The molecule has 1 atom stereocenters. The summed E-state index contributed by atoms with van der Waals surface area (Å²) < 4.78 is 4.89. The molecular formula is C8H16N2O2. The van der Waals surface area contributed by atoms with Crippen LogP contribution in [0.4, 0.5) is 0 Å². The van der Waals surface area contributed by atoms with Crippen LogP contribution in [-0.2, 0) is 4.74 Å². The second kappa shape index (κ2) is 8.42. The number of ether oxygens (including phenoxy) is 1. The Kier molecular flexibility index (Phi) is 7.94. The molecule has 0 heterocycles. The smallest absolute Gasteiger partial charge is 0.146 e. The highest BCUT2D eigenvalue weighted by Gasteiger charge is 1.99. The van der Waals surface area contributed by atoms with Gasteiger partial charge in [0.2, 0.25) is 0 Å². The Morgan fingerprint density at radius 1 is 1.67 bits per heavy atom. The molecule has 0 radical (unpaired) electrons. The topological polar surface area (TPSA) is 53.5 Å². The number of nitrogens with one attached hydrogen (secondary N) is 2. The van der Waals surface area contributed by atoms with Crippen molar-refractivity contribution in [2.45, 2.75) is 13.2 Å². The molecule has 0 amide bonds. The van der Waals surface area contributed by atoms with E-state index < -0.39 is 0 Å². The van der Waals surface area contributed by atoms with Gasteiger partial charge in [-0.3, -0.25) is 5.43 Å². The number of hydrogen-bond donors (Lipinski definition) is 3. The predicted molar refractivity (Wildman–Crippen MR) is 48.1 cm³/mol. The minimum atomic E-state index is -0.326. The van der Waals surface area contributed by atoms with E-state index in [1.807, 2.05) is 6.92 Å². The molecule has 0 saturated heterocycles. The average molecular weight is 172 g/mol. The van der Waals surface area contributed by atoms with E-state index in [0.29, 0.717) is 0 Å². The van der Waals surface area contributed by atoms with Crippen molar-refractivity contribution in [3.05, 3.63) is 24.8 Å². The van der Waals surface area contributed by atoms with Gasteiger partial charge >= 0.3 is 0 Å². The molecule has 12 heavy (non-hydrogen) atoms. The van der Waals surface area contributed by atoms with Gasteiger partial charge in [-0.15, -0.1) is 0 Å². The van der Waals surface area contributed by atoms with Crippen molar-refractivity contribution in [3.63, 3.8) is 0 Å². The molecule has 0 aliphatic rings. The maximum atomic E-state index is 8.49. The lowest BCUT2D eigenvalue weighted by Crippen LogP contribution is -2.41. The largest absolute Gasteiger partial charge is 0.371 e. The van der Waals surface area contributed by atoms with E-state index in [0.717, 1.165) is 6.54 Å². The van der Waals surface area contributed by atoms with Crippen LogP contribution in [0.2, 0.25) is 0 Å². The minimum Gasteiger partial charge on any atom is -0.371 e. The minimum absolute atomic E-state index is 0.315. The molecule has 0 unspecified atom stereocenters. The van der Waals surface area contributed by atoms with Crippen molar-refractivity contribution in [3.8, 4) is 0 Å². The van der Waals surface area contributed by atoms with E-state index in [1.165, 1.54) is 0 Å². The molecule has 0 saturated carbocycles. The van der Waals surface area contributed by atoms with E-state index >= 15 is 0 Å². The monoisotopic (exact) mass is 172 g/mol. The summed E-state index contributed by atoms with van der Waals surface area (Å²) in [4.78, 5) is 0. The van der Waals surface area contributed by atoms with Crippen molar-refractivity contribution in [1.82, 2.24) is 10.9 Å². The second-order valence-corrected chi connectivity index (χ2v) is 2.01. The van der Waals surface area contributed by atoms with Crippen LogP contribution in [0.5, 0.6) is 0 Å². The van der Waals surface area contributed by atoms with Crippen molar-refractivity contribution >= 4 is 0 Å². The summed E-state index contributed by atoms with van der Waals surface area (Å²) in [6.45, 7) is 5.95. The number of aliphatic hydroxyl groups excluding tert-OH is 1. The third-order valence-electron chi connectivity index (χ3n) is 1.10. The highest BCUT2D eigenvalue weighted by molar-refractivity contribution is 4.99. The Morgan fingerprint density at radius 3 is 2.92 bits per heavy atom. The standard InChI is InChI=1S/C8H16N2O2/c1-3-5-6-8(12-7-11)10-9-4-2/h3,5-6,8-11H,1,4,7H2,2H3/b6-5+/t8-/m0/s1. The Morgan fingerprint density at radius 2 is 2.42 bits per heavy atom. The zero-order valence-electron chi connectivity index (χ0n) is 7.29. The first-order chi connectivity index (χ1) is 5.85. The number of hydrogen-bond acceptors (Lipinski definition) is 4. The maximum absolute atomic E-state index is 8.49. The highest BCUT2D eigenvalue weighted by atomic mass is 16.6. The van der Waals surface area contributed by atoms with Gasteiger partial charge in [0, 0.05) is 6.54 Å². The average Bonchev–Trinajstić information content (AvgIpc) is 2.10. The van der Waals surface area contributed by atoms with Crippen molar-refractivity contribution in [1.29, 1.82) is 0 Å². The normalized spacial score (nSPS) is 13.5. The molecule has 0 bridgehead atoms. The zero-order valence-corrected chi connectivity index (χ0v) is 7.29. The SMILES string of the molecule is C=C/C=C/[C@@H](NNCC)OCO. The van der Waals surface area contributed by atoms with Crippen molar-refractivity contribution in [2.75, 3.05) is 13.3 Å². The molecule has 4 heteroatoms. The molecule has 0 rings (SSSR count). The predicted octanol–water partition coefficient (Wildman–Crippen LogP) is 0.135. The number of aliphatic hydroxyl groups is 1. The van der Waals surface area contributed by atoms with E-state index in [-0.39, 0.29) is 13.0 Å². The van der Waals surface area contributed by atoms with Crippen LogP contribution in [0.25, 0.3) is 0 Å². The van der Waals surface area contributed by atoms with Crippen LogP contribution in [0.1, 0.15) is 6.92 Å². The summed E-state index contributed by atoms with van der Waals surface area (Å²) >= 11 is 0. The first-order valence-electron chi connectivity index (χ1n) is 3.85. The summed E-state index contributed by atoms with van der Waals surface area (Å²) in [6, 6.07) is 0. The fourth-order valence-corrected chi connectivity index (χ4v) is 0.608. The molecular weight excluding hydrogens is 156 g/mol. The van der Waals surface area contributed by atoms with Crippen LogP contribution in [0.15, 0.2) is 24.8 Å². The van der Waals surface area contributed by atoms with Crippen molar-refractivity contribution in [2.24, 2.45) is 0 Å². The van der Waals surface area contributed by atoms with E-state index in [4.69, 9.17) is 9.84 Å². The molecule has 0 fully saturated rings. The number of allylic oxidation sites excluding steroid dienone is 2. The molecule has 3 N–H and O–H groups in total. The van der Waals surface area contributed by atoms with Gasteiger partial charge in [0.1, 0.15) is 13.0 Å². The lowest BCUT2D eigenvalue weighted by Gasteiger charge is -2.13. The first kappa shape index (κ1) is 11.3. The second-order valence-electron chi connectivity index (χ2n) is 2.01. The van der Waals surface area contributed by atoms with Crippen LogP contribution < -0.4 is 10.9 Å². The molecule has 4 nitrogen and oxygen atoms in total. The Hall–Kier alpha value is -0.680. The van der Waals surface area contributed by atoms with Crippen LogP contribution >= 0.6 is 0 Å². The number of rotatable bonds is 7. The van der Waals surface area contributed by atoms with Gasteiger partial charge < -0.3 is 9.84 Å². The Balaban J connectivity index is 3.68. The molecule has 0 spiro atoms. The fourth-order valence-electron chi connectivity index (χ4n) is 0.608. The van der Waals surface area contributed by atoms with Gasteiger partial charge in [-0.2, -0.15) is 0 Å². The summed E-state index contributed by atoms with van der Waals surface area (Å²) in [5.74, 6) is 0. The summed E-state index contributed by atoms with van der Waals surface area (Å²) in [7, 11) is 0. The molecule has 0 aliphatic heterocycles. The number of hydrazine groups is 1. The third-order valence-corrected chi connectivity index (χ3v) is 1.10. The van der Waals surface area contributed by atoms with Gasteiger partial charge in [0.05, 0.1) is 0 Å². The third kappa shape index (κ3) is 6.06. The lowest BCUT2D eigenvalue weighted by atomic mass is 10.4. The van der Waals surface area contributed by atoms with Gasteiger partial charge in [-0.25, -0.2) is 5.43 Å². The Labute approximate surface area is 72.9 Å². The van der Waals surface area contributed by atoms with E-state index in [9.17, 15) is 0 Å². The van der Waals surface area contributed by atoms with Crippen LogP contribution in [-0.4, -0.2) is 24.7 Å². The van der Waals surface area contributed by atoms with Gasteiger partial charge in [0.15, 0.2) is 0 Å². The van der Waals surface area contributed by atoms with Gasteiger partial charge in [-0.05, 0) is 6.08 Å². The molecule has 0 aromatic heterocycles. The molecule has 0 aromatic carbocycles. The summed E-state index contributed by atoms with van der Waals surface area (Å²) in [5, 5.41) is 8.49. The Bertz CT molecular complexity index is 137. The lowest BCUT2D eigenvalue weighted by molar-refractivity contribution is -0.0479. The van der Waals surface area contributed by atoms with E-state index in [1.54, 1.807) is 18.2 Å². The van der Waals surface area contributed by atoms with Crippen LogP contribution in [0, 0.1) is 0 Å². The van der Waals surface area contributed by atoms with Gasteiger partial charge in [-0.1, -0.05) is 25.7 Å². The molecule has 70 valence electrons. The van der Waals surface area contributed by atoms with Gasteiger partial charge in [0.25, 0.3) is 0 Å².